The van der Waals surface area contributed by atoms with Gasteiger partial charge in [-0.1, -0.05) is 29.8 Å². The molecule has 2 heterocycles. The molecule has 156 valence electrons. The van der Waals surface area contributed by atoms with Gasteiger partial charge in [0, 0.05) is 36.6 Å². The van der Waals surface area contributed by atoms with Gasteiger partial charge in [0.25, 0.3) is 11.3 Å². The average Bonchev–Trinajstić information content (AvgIpc) is 2.67. The fourth-order valence-electron chi connectivity index (χ4n) is 3.74. The van der Waals surface area contributed by atoms with Crippen LogP contribution in [0.15, 0.2) is 67.0 Å². The lowest BCUT2D eigenvalue weighted by molar-refractivity contribution is 0.115. The van der Waals surface area contributed by atoms with Crippen LogP contribution in [0.25, 0.3) is 0 Å². The van der Waals surface area contributed by atoms with Crippen LogP contribution in [0.2, 0.25) is 5.02 Å². The van der Waals surface area contributed by atoms with Gasteiger partial charge in [0.2, 0.25) is 0 Å². The molecule has 2 atom stereocenters. The molecule has 1 saturated heterocycles. The summed E-state index contributed by atoms with van der Waals surface area (Å²) in [5, 5.41) is 0.625. The summed E-state index contributed by atoms with van der Waals surface area (Å²) in [6, 6.07) is 13.6. The highest BCUT2D eigenvalue weighted by Crippen LogP contribution is 2.35. The smallest absolute Gasteiger partial charge is 0.262 e. The maximum atomic E-state index is 13.6. The Balaban J connectivity index is 1.60. The van der Waals surface area contributed by atoms with Crippen LogP contribution in [-0.2, 0) is 11.3 Å². The number of halogens is 3. The van der Waals surface area contributed by atoms with Crippen LogP contribution in [0.4, 0.5) is 14.5 Å². The van der Waals surface area contributed by atoms with E-state index in [4.69, 9.17) is 11.6 Å². The van der Waals surface area contributed by atoms with E-state index in [1.54, 1.807) is 12.4 Å². The van der Waals surface area contributed by atoms with E-state index >= 15 is 0 Å². The Bertz CT molecular complexity index is 1030. The first-order valence-corrected chi connectivity index (χ1v) is 10.6. The van der Waals surface area contributed by atoms with Crippen molar-refractivity contribution in [3.63, 3.8) is 0 Å². The molecule has 9 heteroatoms. The van der Waals surface area contributed by atoms with E-state index in [2.05, 4.69) is 9.88 Å². The van der Waals surface area contributed by atoms with Crippen LogP contribution < -0.4 is 4.31 Å². The SMILES string of the molecule is O=S(O)N(c1cc(F)cc(F)c1)C1CN(C(c2ccc(Cl)cc2)c2cccnc2)C1. The lowest BCUT2D eigenvalue weighted by Crippen LogP contribution is -2.60. The van der Waals surface area contributed by atoms with Crippen molar-refractivity contribution in [1.82, 2.24) is 9.88 Å². The fourth-order valence-corrected chi connectivity index (χ4v) is 4.54. The van der Waals surface area contributed by atoms with Crippen molar-refractivity contribution in [2.24, 2.45) is 0 Å². The van der Waals surface area contributed by atoms with Crippen LogP contribution in [-0.4, -0.2) is 37.8 Å². The van der Waals surface area contributed by atoms with Gasteiger partial charge in [-0.05, 0) is 41.5 Å². The number of rotatable bonds is 6. The van der Waals surface area contributed by atoms with Crippen molar-refractivity contribution in [2.45, 2.75) is 12.1 Å². The first kappa shape index (κ1) is 20.9. The highest BCUT2D eigenvalue weighted by molar-refractivity contribution is 7.80. The highest BCUT2D eigenvalue weighted by Gasteiger charge is 2.39. The van der Waals surface area contributed by atoms with E-state index in [1.165, 1.54) is 0 Å². The number of anilines is 1. The van der Waals surface area contributed by atoms with Gasteiger partial charge in [0.15, 0.2) is 0 Å². The Labute approximate surface area is 180 Å². The monoisotopic (exact) mass is 449 g/mol. The predicted molar refractivity (Wildman–Crippen MR) is 113 cm³/mol. The Morgan fingerprint density at radius 1 is 1.10 bits per heavy atom. The zero-order chi connectivity index (χ0) is 21.3. The molecule has 1 fully saturated rings. The number of aromatic nitrogens is 1. The molecule has 2 aromatic carbocycles. The first-order chi connectivity index (χ1) is 14.4. The standard InChI is InChI=1S/C21H18ClF2N3O2S/c22-16-5-3-14(4-6-16)21(15-2-1-7-25-11-15)26-12-20(13-26)27(30(28)29)19-9-17(23)8-18(24)10-19/h1-11,20-21H,12-13H2,(H,28,29). The fraction of sp³-hybridized carbons (Fsp3) is 0.190. The van der Waals surface area contributed by atoms with Crippen LogP contribution in [0.1, 0.15) is 17.2 Å². The highest BCUT2D eigenvalue weighted by atomic mass is 35.5. The third-order valence-corrected chi connectivity index (χ3v) is 6.14. The second kappa shape index (κ2) is 8.77. The summed E-state index contributed by atoms with van der Waals surface area (Å²) in [5.74, 6) is -1.60. The molecule has 3 aromatic rings. The molecular weight excluding hydrogens is 432 g/mol. The average molecular weight is 450 g/mol. The number of hydrogen-bond acceptors (Lipinski definition) is 3. The van der Waals surface area contributed by atoms with E-state index in [1.807, 2.05) is 36.4 Å². The number of benzene rings is 2. The van der Waals surface area contributed by atoms with Gasteiger partial charge in [-0.25, -0.2) is 13.0 Å². The molecule has 0 bridgehead atoms. The zero-order valence-corrected chi connectivity index (χ0v) is 17.2. The molecule has 4 rings (SSSR count). The lowest BCUT2D eigenvalue weighted by atomic mass is 9.94. The third-order valence-electron chi connectivity index (χ3n) is 5.04. The summed E-state index contributed by atoms with van der Waals surface area (Å²) >= 11 is 3.60. The molecule has 30 heavy (non-hydrogen) atoms. The van der Waals surface area contributed by atoms with Gasteiger partial charge in [0.1, 0.15) is 11.6 Å². The minimum atomic E-state index is -2.43. The molecule has 0 radical (unpaired) electrons. The minimum absolute atomic E-state index is 0.0300. The zero-order valence-electron chi connectivity index (χ0n) is 15.7. The van der Waals surface area contributed by atoms with Crippen molar-refractivity contribution in [3.05, 3.63) is 94.8 Å². The van der Waals surface area contributed by atoms with E-state index in [9.17, 15) is 17.5 Å². The van der Waals surface area contributed by atoms with Crippen molar-refractivity contribution in [3.8, 4) is 0 Å². The second-order valence-corrected chi connectivity index (χ2v) is 8.32. The summed E-state index contributed by atoms with van der Waals surface area (Å²) in [6.45, 7) is 0.846. The van der Waals surface area contributed by atoms with Gasteiger partial charge in [-0.2, -0.15) is 0 Å². The van der Waals surface area contributed by atoms with Crippen LogP contribution in [0, 0.1) is 11.6 Å². The summed E-state index contributed by atoms with van der Waals surface area (Å²) in [6.07, 6.45) is 3.47. The Hall–Kier alpha value is -2.39. The van der Waals surface area contributed by atoms with Gasteiger partial charge >= 0.3 is 0 Å². The van der Waals surface area contributed by atoms with Gasteiger partial charge in [-0.3, -0.25) is 18.7 Å². The molecule has 0 saturated carbocycles. The number of hydrogen-bond donors (Lipinski definition) is 1. The molecule has 1 aliphatic heterocycles. The molecule has 2 unspecified atom stereocenters. The molecule has 0 spiro atoms. The second-order valence-electron chi connectivity index (χ2n) is 7.03. The Morgan fingerprint density at radius 2 is 1.77 bits per heavy atom. The molecule has 0 amide bonds. The van der Waals surface area contributed by atoms with Crippen LogP contribution >= 0.6 is 11.6 Å². The van der Waals surface area contributed by atoms with Crippen molar-refractivity contribution >= 4 is 28.6 Å². The van der Waals surface area contributed by atoms with Gasteiger partial charge in [0.05, 0.1) is 17.8 Å². The quantitative estimate of drug-likeness (QED) is 0.566. The maximum absolute atomic E-state index is 13.6. The van der Waals surface area contributed by atoms with E-state index in [0.717, 1.165) is 33.6 Å². The van der Waals surface area contributed by atoms with Gasteiger partial charge < -0.3 is 0 Å². The topological polar surface area (TPSA) is 56.7 Å². The van der Waals surface area contributed by atoms with Crippen LogP contribution in [0.3, 0.4) is 0 Å². The maximum Gasteiger partial charge on any atom is 0.262 e. The Kier molecular flexibility index (Phi) is 6.10. The molecule has 1 N–H and O–H groups in total. The summed E-state index contributed by atoms with van der Waals surface area (Å²) in [4.78, 5) is 6.32. The van der Waals surface area contributed by atoms with Crippen molar-refractivity contribution in [2.75, 3.05) is 17.4 Å². The number of likely N-dealkylation sites (tertiary alicyclic amines) is 1. The lowest BCUT2D eigenvalue weighted by Gasteiger charge is -2.48. The third kappa shape index (κ3) is 4.37. The molecule has 1 aliphatic rings. The Morgan fingerprint density at radius 3 is 2.33 bits per heavy atom. The normalized spacial score (nSPS) is 16.7. The molecule has 0 aliphatic carbocycles. The molecule has 5 nitrogen and oxygen atoms in total. The molecular formula is C21H18ClF2N3O2S. The van der Waals surface area contributed by atoms with Crippen molar-refractivity contribution < 1.29 is 17.5 Å². The first-order valence-electron chi connectivity index (χ1n) is 9.18. The summed E-state index contributed by atoms with van der Waals surface area (Å²) < 4.78 is 50.2. The number of pyridine rings is 1. The van der Waals surface area contributed by atoms with E-state index in [-0.39, 0.29) is 17.8 Å². The summed E-state index contributed by atoms with van der Waals surface area (Å²) in [7, 11) is 0. The largest absolute Gasteiger partial charge is 0.289 e. The van der Waals surface area contributed by atoms with E-state index in [0.29, 0.717) is 18.1 Å². The molecule has 1 aromatic heterocycles. The van der Waals surface area contributed by atoms with Gasteiger partial charge in [-0.15, -0.1) is 0 Å². The number of nitrogens with zero attached hydrogens (tertiary/aromatic N) is 3. The van der Waals surface area contributed by atoms with Crippen LogP contribution in [0.5, 0.6) is 0 Å². The predicted octanol–water partition coefficient (Wildman–Crippen LogP) is 4.43. The van der Waals surface area contributed by atoms with E-state index < -0.39 is 22.9 Å². The van der Waals surface area contributed by atoms with Crippen molar-refractivity contribution in [1.29, 1.82) is 0 Å². The summed E-state index contributed by atoms with van der Waals surface area (Å²) in [5.41, 5.74) is 1.99. The minimum Gasteiger partial charge on any atom is -0.289 e.